The Morgan fingerprint density at radius 2 is 2.29 bits per heavy atom. The van der Waals surface area contributed by atoms with Gasteiger partial charge in [-0.25, -0.2) is 0 Å². The standard InChI is InChI=1S/C15H21N3O3/c1-3-9-16-13-8-4-7-12(14(13)18(20)21)15(19)17-10-5-6-11(17)2/h4,7-8,11,16H,3,5-6,9-10H2,1-2H3. The van der Waals surface area contributed by atoms with Gasteiger partial charge in [0.2, 0.25) is 0 Å². The molecule has 1 aromatic carbocycles. The SMILES string of the molecule is CCCNc1cccc(C(=O)N2CCCC2C)c1[N+](=O)[O-]. The fourth-order valence-corrected chi connectivity index (χ4v) is 2.70. The first-order valence-electron chi connectivity index (χ1n) is 7.38. The smallest absolute Gasteiger partial charge is 0.305 e. The van der Waals surface area contributed by atoms with E-state index in [1.54, 1.807) is 23.1 Å². The van der Waals surface area contributed by atoms with E-state index < -0.39 is 4.92 Å². The Bertz CT molecular complexity index is 545. The maximum Gasteiger partial charge on any atom is 0.305 e. The van der Waals surface area contributed by atoms with Gasteiger partial charge in [-0.15, -0.1) is 0 Å². The number of hydrogen-bond acceptors (Lipinski definition) is 4. The Hall–Kier alpha value is -2.11. The van der Waals surface area contributed by atoms with E-state index in [1.807, 2.05) is 13.8 Å². The van der Waals surface area contributed by atoms with Crippen LogP contribution in [0.3, 0.4) is 0 Å². The number of anilines is 1. The number of rotatable bonds is 5. The summed E-state index contributed by atoms with van der Waals surface area (Å²) < 4.78 is 0. The topological polar surface area (TPSA) is 75.5 Å². The van der Waals surface area contributed by atoms with Crippen molar-refractivity contribution < 1.29 is 9.72 Å². The van der Waals surface area contributed by atoms with Gasteiger partial charge in [0, 0.05) is 19.1 Å². The largest absolute Gasteiger partial charge is 0.379 e. The maximum absolute atomic E-state index is 12.6. The summed E-state index contributed by atoms with van der Waals surface area (Å²) >= 11 is 0. The molecule has 0 saturated carbocycles. The molecule has 0 aromatic heterocycles. The van der Waals surface area contributed by atoms with Crippen LogP contribution in [-0.2, 0) is 0 Å². The van der Waals surface area contributed by atoms with E-state index in [-0.39, 0.29) is 23.2 Å². The van der Waals surface area contributed by atoms with Gasteiger partial charge in [-0.3, -0.25) is 14.9 Å². The number of nitro benzene ring substituents is 1. The molecule has 1 saturated heterocycles. The minimum Gasteiger partial charge on any atom is -0.379 e. The molecule has 1 atom stereocenters. The van der Waals surface area contributed by atoms with Gasteiger partial charge in [-0.1, -0.05) is 13.0 Å². The summed E-state index contributed by atoms with van der Waals surface area (Å²) in [5.74, 6) is -0.244. The third-order valence-electron chi connectivity index (χ3n) is 3.83. The van der Waals surface area contributed by atoms with Crippen LogP contribution < -0.4 is 5.32 Å². The second-order valence-electron chi connectivity index (χ2n) is 5.38. The molecule has 1 aromatic rings. The molecule has 0 bridgehead atoms. The van der Waals surface area contributed by atoms with Crippen molar-refractivity contribution in [2.45, 2.75) is 39.2 Å². The van der Waals surface area contributed by atoms with E-state index >= 15 is 0 Å². The molecule has 2 rings (SSSR count). The Balaban J connectivity index is 2.38. The first-order valence-corrected chi connectivity index (χ1v) is 7.38. The predicted octanol–water partition coefficient (Wildman–Crippen LogP) is 3.04. The van der Waals surface area contributed by atoms with Gasteiger partial charge in [0.25, 0.3) is 5.91 Å². The number of nitrogens with zero attached hydrogens (tertiary/aromatic N) is 2. The number of amides is 1. The third kappa shape index (κ3) is 3.15. The van der Waals surface area contributed by atoms with E-state index in [0.717, 1.165) is 19.3 Å². The van der Waals surface area contributed by atoms with Crippen molar-refractivity contribution in [3.63, 3.8) is 0 Å². The summed E-state index contributed by atoms with van der Waals surface area (Å²) in [4.78, 5) is 25.3. The van der Waals surface area contributed by atoms with E-state index in [9.17, 15) is 14.9 Å². The summed E-state index contributed by atoms with van der Waals surface area (Å²) in [7, 11) is 0. The lowest BCUT2D eigenvalue weighted by atomic mass is 10.1. The molecule has 1 amide bonds. The van der Waals surface area contributed by atoms with Crippen LogP contribution in [-0.4, -0.2) is 34.9 Å². The van der Waals surface area contributed by atoms with Crippen molar-refractivity contribution in [1.82, 2.24) is 4.90 Å². The van der Waals surface area contributed by atoms with Gasteiger partial charge in [0.1, 0.15) is 11.3 Å². The van der Waals surface area contributed by atoms with Crippen molar-refractivity contribution in [1.29, 1.82) is 0 Å². The fourth-order valence-electron chi connectivity index (χ4n) is 2.70. The Morgan fingerprint density at radius 3 is 2.86 bits per heavy atom. The summed E-state index contributed by atoms with van der Waals surface area (Å²) in [6.07, 6.45) is 2.76. The second kappa shape index (κ2) is 6.56. The Kier molecular flexibility index (Phi) is 4.77. The van der Waals surface area contributed by atoms with Crippen molar-refractivity contribution in [2.24, 2.45) is 0 Å². The van der Waals surface area contributed by atoms with Crippen LogP contribution in [0.25, 0.3) is 0 Å². The highest BCUT2D eigenvalue weighted by atomic mass is 16.6. The third-order valence-corrected chi connectivity index (χ3v) is 3.83. The van der Waals surface area contributed by atoms with Gasteiger partial charge >= 0.3 is 5.69 Å². The zero-order valence-corrected chi connectivity index (χ0v) is 12.5. The van der Waals surface area contributed by atoms with E-state index in [2.05, 4.69) is 5.32 Å². The molecule has 0 radical (unpaired) electrons. The van der Waals surface area contributed by atoms with Crippen LogP contribution in [0.2, 0.25) is 0 Å². The molecule has 0 spiro atoms. The summed E-state index contributed by atoms with van der Waals surface area (Å²) in [6, 6.07) is 5.03. The number of nitrogens with one attached hydrogen (secondary N) is 1. The summed E-state index contributed by atoms with van der Waals surface area (Å²) in [5, 5.41) is 14.4. The van der Waals surface area contributed by atoms with Gasteiger partial charge < -0.3 is 10.2 Å². The van der Waals surface area contributed by atoms with E-state index in [4.69, 9.17) is 0 Å². The molecule has 6 nitrogen and oxygen atoms in total. The molecule has 1 unspecified atom stereocenters. The molecule has 1 heterocycles. The molecule has 1 N–H and O–H groups in total. The zero-order chi connectivity index (χ0) is 15.4. The first kappa shape index (κ1) is 15.3. The van der Waals surface area contributed by atoms with Crippen LogP contribution in [0, 0.1) is 10.1 Å². The van der Waals surface area contributed by atoms with E-state index in [1.165, 1.54) is 0 Å². The van der Waals surface area contributed by atoms with Crippen molar-refractivity contribution in [3.05, 3.63) is 33.9 Å². The number of carbonyl (C=O) groups excluding carboxylic acids is 1. The monoisotopic (exact) mass is 291 g/mol. The molecule has 1 aliphatic rings. The highest BCUT2D eigenvalue weighted by Gasteiger charge is 2.32. The Labute approximate surface area is 124 Å². The van der Waals surface area contributed by atoms with Crippen LogP contribution >= 0.6 is 0 Å². The molecule has 1 fully saturated rings. The number of likely N-dealkylation sites (tertiary alicyclic amines) is 1. The van der Waals surface area contributed by atoms with Crippen molar-refractivity contribution in [3.8, 4) is 0 Å². The number of para-hydroxylation sites is 1. The lowest BCUT2D eigenvalue weighted by Crippen LogP contribution is -2.34. The number of carbonyl (C=O) groups is 1. The fraction of sp³-hybridized carbons (Fsp3) is 0.533. The average Bonchev–Trinajstić information content (AvgIpc) is 2.89. The van der Waals surface area contributed by atoms with Crippen LogP contribution in [0.4, 0.5) is 11.4 Å². The normalized spacial score (nSPS) is 17.8. The van der Waals surface area contributed by atoms with Crippen molar-refractivity contribution >= 4 is 17.3 Å². The zero-order valence-electron chi connectivity index (χ0n) is 12.5. The van der Waals surface area contributed by atoms with Crippen molar-refractivity contribution in [2.75, 3.05) is 18.4 Å². The van der Waals surface area contributed by atoms with E-state index in [0.29, 0.717) is 18.8 Å². The summed E-state index contributed by atoms with van der Waals surface area (Å²) in [5.41, 5.74) is 0.476. The van der Waals surface area contributed by atoms with Crippen LogP contribution in [0.15, 0.2) is 18.2 Å². The molecule has 6 heteroatoms. The quantitative estimate of drug-likeness (QED) is 0.668. The number of benzene rings is 1. The van der Waals surface area contributed by atoms with Gasteiger partial charge in [0.05, 0.1) is 4.92 Å². The molecule has 0 aliphatic carbocycles. The highest BCUT2D eigenvalue weighted by molar-refractivity contribution is 6.00. The van der Waals surface area contributed by atoms with Crippen LogP contribution in [0.1, 0.15) is 43.5 Å². The van der Waals surface area contributed by atoms with Gasteiger partial charge in [0.15, 0.2) is 0 Å². The molecular weight excluding hydrogens is 270 g/mol. The molecule has 1 aliphatic heterocycles. The molecule has 21 heavy (non-hydrogen) atoms. The average molecular weight is 291 g/mol. The minimum absolute atomic E-state index is 0.116. The molecular formula is C15H21N3O3. The first-order chi connectivity index (χ1) is 10.1. The predicted molar refractivity (Wildman–Crippen MR) is 81.6 cm³/mol. The minimum atomic E-state index is -0.466. The Morgan fingerprint density at radius 1 is 1.52 bits per heavy atom. The number of hydrogen-bond donors (Lipinski definition) is 1. The lowest BCUT2D eigenvalue weighted by Gasteiger charge is -2.21. The van der Waals surface area contributed by atoms with Gasteiger partial charge in [-0.05, 0) is 38.3 Å². The number of nitro groups is 1. The second-order valence-corrected chi connectivity index (χ2v) is 5.38. The highest BCUT2D eigenvalue weighted by Crippen LogP contribution is 2.31. The van der Waals surface area contributed by atoms with Gasteiger partial charge in [-0.2, -0.15) is 0 Å². The lowest BCUT2D eigenvalue weighted by molar-refractivity contribution is -0.384. The van der Waals surface area contributed by atoms with Crippen LogP contribution in [0.5, 0.6) is 0 Å². The maximum atomic E-state index is 12.6. The molecule has 114 valence electrons. The summed E-state index contributed by atoms with van der Waals surface area (Å²) in [6.45, 7) is 5.28.